The molecule has 2 N–H and O–H groups in total. The molecule has 0 aliphatic carbocycles. The topological polar surface area (TPSA) is 76.7 Å². The fourth-order valence-electron chi connectivity index (χ4n) is 2.25. The molecule has 0 heterocycles. The summed E-state index contributed by atoms with van der Waals surface area (Å²) in [4.78, 5) is 24.1. The van der Waals surface area contributed by atoms with E-state index in [0.717, 1.165) is 5.56 Å². The molecule has 0 bridgehead atoms. The van der Waals surface area contributed by atoms with Crippen LogP contribution in [0.1, 0.15) is 5.56 Å². The van der Waals surface area contributed by atoms with Crippen molar-refractivity contribution in [2.45, 2.75) is 12.5 Å². The molecule has 132 valence electrons. The first-order valence-electron chi connectivity index (χ1n) is 7.56. The fourth-order valence-corrected chi connectivity index (χ4v) is 2.51. The van der Waals surface area contributed by atoms with Crippen molar-refractivity contribution in [3.05, 3.63) is 59.1 Å². The van der Waals surface area contributed by atoms with Gasteiger partial charge in [0.1, 0.15) is 11.8 Å². The molecule has 2 amide bonds. The first-order chi connectivity index (χ1) is 12.0. The summed E-state index contributed by atoms with van der Waals surface area (Å²) >= 11 is 6.03. The Bertz CT molecular complexity index is 737. The van der Waals surface area contributed by atoms with Crippen molar-refractivity contribution in [3.8, 4) is 5.75 Å². The molecule has 0 fully saturated rings. The second-order valence-electron chi connectivity index (χ2n) is 5.21. The minimum atomic E-state index is -0.805. The van der Waals surface area contributed by atoms with Crippen molar-refractivity contribution >= 4 is 29.3 Å². The number of carbonyl (C=O) groups is 2. The predicted octanol–water partition coefficient (Wildman–Crippen LogP) is 3.25. The zero-order valence-corrected chi connectivity index (χ0v) is 14.7. The van der Waals surface area contributed by atoms with Gasteiger partial charge in [-0.3, -0.25) is 0 Å². The Morgan fingerprint density at radius 3 is 2.44 bits per heavy atom. The van der Waals surface area contributed by atoms with E-state index in [1.165, 1.54) is 14.2 Å². The van der Waals surface area contributed by atoms with Gasteiger partial charge >= 0.3 is 12.0 Å². The molecule has 0 aliphatic rings. The van der Waals surface area contributed by atoms with Crippen molar-refractivity contribution < 1.29 is 19.1 Å². The van der Waals surface area contributed by atoms with E-state index < -0.39 is 18.0 Å². The van der Waals surface area contributed by atoms with E-state index >= 15 is 0 Å². The number of nitrogens with one attached hydrogen (secondary N) is 2. The van der Waals surface area contributed by atoms with E-state index in [1.807, 2.05) is 30.3 Å². The second kappa shape index (κ2) is 8.94. The summed E-state index contributed by atoms with van der Waals surface area (Å²) in [5.41, 5.74) is 1.39. The maximum atomic E-state index is 12.2. The lowest BCUT2D eigenvalue weighted by atomic mass is 10.1. The van der Waals surface area contributed by atoms with Crippen molar-refractivity contribution in [2.24, 2.45) is 0 Å². The number of amides is 2. The molecule has 2 rings (SSSR count). The molecule has 0 radical (unpaired) electrons. The Morgan fingerprint density at radius 2 is 1.84 bits per heavy atom. The Labute approximate surface area is 151 Å². The molecule has 1 atom stereocenters. The second-order valence-corrected chi connectivity index (χ2v) is 5.62. The number of esters is 1. The molecule has 7 heteroatoms. The lowest BCUT2D eigenvalue weighted by molar-refractivity contribution is -0.142. The molecule has 2 aromatic rings. The van der Waals surface area contributed by atoms with Crippen LogP contribution in [-0.4, -0.2) is 32.3 Å². The van der Waals surface area contributed by atoms with E-state index in [1.54, 1.807) is 18.2 Å². The molecule has 25 heavy (non-hydrogen) atoms. The summed E-state index contributed by atoms with van der Waals surface area (Å²) in [6, 6.07) is 12.9. The lowest BCUT2D eigenvalue weighted by Crippen LogP contribution is -2.45. The van der Waals surface area contributed by atoms with Gasteiger partial charge < -0.3 is 20.1 Å². The van der Waals surface area contributed by atoms with Crippen LogP contribution in [0.15, 0.2) is 48.5 Å². The van der Waals surface area contributed by atoms with Gasteiger partial charge in [-0.05, 0) is 23.8 Å². The van der Waals surface area contributed by atoms with E-state index in [9.17, 15) is 9.59 Å². The number of anilines is 1. The minimum Gasteiger partial charge on any atom is -0.495 e. The molecule has 2 aromatic carbocycles. The Morgan fingerprint density at radius 1 is 1.12 bits per heavy atom. The largest absolute Gasteiger partial charge is 0.495 e. The highest BCUT2D eigenvalue weighted by Gasteiger charge is 2.22. The van der Waals surface area contributed by atoms with E-state index in [4.69, 9.17) is 21.1 Å². The lowest BCUT2D eigenvalue weighted by Gasteiger charge is -2.17. The third kappa shape index (κ3) is 5.39. The maximum absolute atomic E-state index is 12.2. The molecular weight excluding hydrogens is 344 g/mol. The van der Waals surface area contributed by atoms with Crippen molar-refractivity contribution in [2.75, 3.05) is 19.5 Å². The zero-order chi connectivity index (χ0) is 18.2. The number of hydrogen-bond donors (Lipinski definition) is 2. The monoisotopic (exact) mass is 362 g/mol. The van der Waals surface area contributed by atoms with Crippen LogP contribution in [0.2, 0.25) is 5.02 Å². The highest BCUT2D eigenvalue weighted by molar-refractivity contribution is 6.32. The van der Waals surface area contributed by atoms with Gasteiger partial charge in [-0.15, -0.1) is 0 Å². The van der Waals surface area contributed by atoms with Crippen LogP contribution in [-0.2, 0) is 16.0 Å². The number of ether oxygens (including phenoxy) is 2. The molecule has 0 saturated carbocycles. The van der Waals surface area contributed by atoms with Gasteiger partial charge in [-0.1, -0.05) is 41.9 Å². The Kier molecular flexibility index (Phi) is 6.65. The van der Waals surface area contributed by atoms with Crippen molar-refractivity contribution in [3.63, 3.8) is 0 Å². The van der Waals surface area contributed by atoms with Gasteiger partial charge in [0, 0.05) is 12.1 Å². The Balaban J connectivity index is 2.03. The highest BCUT2D eigenvalue weighted by Crippen LogP contribution is 2.27. The summed E-state index contributed by atoms with van der Waals surface area (Å²) in [7, 11) is 2.79. The average Bonchev–Trinajstić information content (AvgIpc) is 2.61. The SMILES string of the molecule is COC(=O)C(Cc1ccccc1)NC(=O)Nc1ccc(OC)c(Cl)c1. The molecule has 1 unspecified atom stereocenters. The summed E-state index contributed by atoms with van der Waals surface area (Å²) in [6.07, 6.45) is 0.324. The standard InChI is InChI=1S/C18H19ClN2O4/c1-24-16-9-8-13(11-14(16)19)20-18(23)21-15(17(22)25-2)10-12-6-4-3-5-7-12/h3-9,11,15H,10H2,1-2H3,(H2,20,21,23). The van der Waals surface area contributed by atoms with Gasteiger partial charge in [0.25, 0.3) is 0 Å². The van der Waals surface area contributed by atoms with Crippen LogP contribution in [0.3, 0.4) is 0 Å². The summed E-state index contributed by atoms with van der Waals surface area (Å²) in [5.74, 6) is -0.0177. The highest BCUT2D eigenvalue weighted by atomic mass is 35.5. The van der Waals surface area contributed by atoms with Crippen LogP contribution in [0.5, 0.6) is 5.75 Å². The molecule has 6 nitrogen and oxygen atoms in total. The van der Waals surface area contributed by atoms with E-state index in [2.05, 4.69) is 10.6 Å². The molecule has 0 saturated heterocycles. The summed E-state index contributed by atoms with van der Waals surface area (Å²) < 4.78 is 9.83. The number of halogens is 1. The molecule has 0 spiro atoms. The summed E-state index contributed by atoms with van der Waals surface area (Å²) in [6.45, 7) is 0. The number of rotatable bonds is 6. The third-order valence-corrected chi connectivity index (χ3v) is 3.78. The number of hydrogen-bond acceptors (Lipinski definition) is 4. The normalized spacial score (nSPS) is 11.3. The maximum Gasteiger partial charge on any atom is 0.328 e. The van der Waals surface area contributed by atoms with Crippen LogP contribution in [0.25, 0.3) is 0 Å². The van der Waals surface area contributed by atoms with Gasteiger partial charge in [-0.2, -0.15) is 0 Å². The fraction of sp³-hybridized carbons (Fsp3) is 0.222. The van der Waals surface area contributed by atoms with Gasteiger partial charge in [0.2, 0.25) is 0 Å². The average molecular weight is 363 g/mol. The first kappa shape index (κ1) is 18.6. The van der Waals surface area contributed by atoms with Gasteiger partial charge in [0.05, 0.1) is 19.2 Å². The zero-order valence-electron chi connectivity index (χ0n) is 13.9. The molecule has 0 aliphatic heterocycles. The quantitative estimate of drug-likeness (QED) is 0.773. The Hall–Kier alpha value is -2.73. The predicted molar refractivity (Wildman–Crippen MR) is 96.1 cm³/mol. The van der Waals surface area contributed by atoms with E-state index in [0.29, 0.717) is 22.9 Å². The van der Waals surface area contributed by atoms with Crippen molar-refractivity contribution in [1.82, 2.24) is 5.32 Å². The van der Waals surface area contributed by atoms with Crippen LogP contribution < -0.4 is 15.4 Å². The number of methoxy groups -OCH3 is 2. The van der Waals surface area contributed by atoms with Crippen LogP contribution in [0.4, 0.5) is 10.5 Å². The van der Waals surface area contributed by atoms with Crippen LogP contribution >= 0.6 is 11.6 Å². The van der Waals surface area contributed by atoms with Crippen molar-refractivity contribution in [1.29, 1.82) is 0 Å². The summed E-state index contributed by atoms with van der Waals surface area (Å²) in [5, 5.41) is 5.61. The smallest absolute Gasteiger partial charge is 0.328 e. The molecular formula is C18H19ClN2O4. The van der Waals surface area contributed by atoms with Gasteiger partial charge in [-0.25, -0.2) is 9.59 Å². The number of benzene rings is 2. The van der Waals surface area contributed by atoms with E-state index in [-0.39, 0.29) is 0 Å². The van der Waals surface area contributed by atoms with Gasteiger partial charge in [0.15, 0.2) is 0 Å². The third-order valence-electron chi connectivity index (χ3n) is 3.48. The van der Waals surface area contributed by atoms with Crippen LogP contribution in [0, 0.1) is 0 Å². The minimum absolute atomic E-state index is 0.324. The first-order valence-corrected chi connectivity index (χ1v) is 7.94. The molecule has 0 aromatic heterocycles. The number of carbonyl (C=O) groups excluding carboxylic acids is 2. The number of urea groups is 1.